The normalized spacial score (nSPS) is 28.7. The number of likely N-dealkylation sites (tertiary alicyclic amines) is 1. The second kappa shape index (κ2) is 3.66. The predicted molar refractivity (Wildman–Crippen MR) is 51.7 cm³/mol. The van der Waals surface area contributed by atoms with Crippen LogP contribution in [0.1, 0.15) is 33.6 Å². The molecule has 1 unspecified atom stereocenters. The molecule has 0 saturated carbocycles. The first-order chi connectivity index (χ1) is 5.99. The largest absolute Gasteiger partial charge is 0.480 e. The fourth-order valence-corrected chi connectivity index (χ4v) is 2.33. The van der Waals surface area contributed by atoms with Crippen LogP contribution in [-0.4, -0.2) is 35.1 Å². The fourth-order valence-electron chi connectivity index (χ4n) is 2.33. The van der Waals surface area contributed by atoms with Crippen LogP contribution >= 0.6 is 0 Å². The molecular formula is C10H19NO2. The number of hydrogen-bond acceptors (Lipinski definition) is 2. The molecule has 0 radical (unpaired) electrons. The van der Waals surface area contributed by atoms with Gasteiger partial charge in [-0.1, -0.05) is 20.8 Å². The van der Waals surface area contributed by atoms with Crippen LogP contribution in [0.5, 0.6) is 0 Å². The van der Waals surface area contributed by atoms with Gasteiger partial charge in [0.05, 0.1) is 0 Å². The zero-order valence-corrected chi connectivity index (χ0v) is 8.71. The van der Waals surface area contributed by atoms with Crippen molar-refractivity contribution >= 4 is 5.97 Å². The number of carboxylic acid groups (broad SMARTS) is 1. The van der Waals surface area contributed by atoms with Crippen molar-refractivity contribution in [3.63, 3.8) is 0 Å². The molecule has 13 heavy (non-hydrogen) atoms. The smallest absolute Gasteiger partial charge is 0.321 e. The highest BCUT2D eigenvalue weighted by Crippen LogP contribution is 2.34. The van der Waals surface area contributed by atoms with Crippen LogP contribution in [0.2, 0.25) is 0 Å². The molecule has 1 rings (SSSR count). The average molecular weight is 185 g/mol. The van der Waals surface area contributed by atoms with Gasteiger partial charge < -0.3 is 5.11 Å². The lowest BCUT2D eigenvalue weighted by molar-refractivity contribution is -0.150. The summed E-state index contributed by atoms with van der Waals surface area (Å²) in [7, 11) is 0. The molecule has 0 aliphatic carbocycles. The second-order valence-corrected chi connectivity index (χ2v) is 4.46. The van der Waals surface area contributed by atoms with Crippen LogP contribution < -0.4 is 0 Å². The van der Waals surface area contributed by atoms with Gasteiger partial charge in [0.2, 0.25) is 0 Å². The van der Waals surface area contributed by atoms with Gasteiger partial charge in [0, 0.05) is 0 Å². The molecule has 1 fully saturated rings. The third-order valence-electron chi connectivity index (χ3n) is 3.01. The first-order valence-electron chi connectivity index (χ1n) is 4.96. The monoisotopic (exact) mass is 185 g/mol. The Morgan fingerprint density at radius 3 is 2.62 bits per heavy atom. The van der Waals surface area contributed by atoms with Gasteiger partial charge in [-0.15, -0.1) is 0 Å². The summed E-state index contributed by atoms with van der Waals surface area (Å²) in [5.74, 6) is -0.674. The minimum atomic E-state index is -0.674. The molecule has 1 saturated heterocycles. The summed E-state index contributed by atoms with van der Waals surface area (Å²) < 4.78 is 0. The van der Waals surface area contributed by atoms with Crippen LogP contribution in [0.25, 0.3) is 0 Å². The van der Waals surface area contributed by atoms with Gasteiger partial charge in [-0.05, 0) is 31.3 Å². The highest BCUT2D eigenvalue weighted by atomic mass is 16.4. The summed E-state index contributed by atoms with van der Waals surface area (Å²) >= 11 is 0. The standard InChI is InChI=1S/C10H19NO2/c1-4-11-7-5-6-10(2,3)8(11)9(12)13/h8H,4-7H2,1-3H3,(H,12,13). The van der Waals surface area contributed by atoms with E-state index in [0.717, 1.165) is 25.9 Å². The topological polar surface area (TPSA) is 40.5 Å². The summed E-state index contributed by atoms with van der Waals surface area (Å²) in [5, 5.41) is 9.13. The average Bonchev–Trinajstić information content (AvgIpc) is 2.01. The number of rotatable bonds is 2. The molecular weight excluding hydrogens is 166 g/mol. The van der Waals surface area contributed by atoms with Crippen LogP contribution in [-0.2, 0) is 4.79 Å². The van der Waals surface area contributed by atoms with Gasteiger partial charge in [-0.2, -0.15) is 0 Å². The Kier molecular flexibility index (Phi) is 2.96. The molecule has 0 aromatic carbocycles. The van der Waals surface area contributed by atoms with E-state index in [1.165, 1.54) is 0 Å². The van der Waals surface area contributed by atoms with E-state index in [4.69, 9.17) is 5.11 Å². The van der Waals surface area contributed by atoms with E-state index < -0.39 is 5.97 Å². The van der Waals surface area contributed by atoms with Crippen molar-refractivity contribution in [3.05, 3.63) is 0 Å². The van der Waals surface area contributed by atoms with Gasteiger partial charge in [-0.25, -0.2) is 0 Å². The molecule has 1 atom stereocenters. The van der Waals surface area contributed by atoms with Crippen LogP contribution in [0.3, 0.4) is 0 Å². The zero-order valence-electron chi connectivity index (χ0n) is 8.71. The van der Waals surface area contributed by atoms with Gasteiger partial charge in [-0.3, -0.25) is 9.69 Å². The van der Waals surface area contributed by atoms with Crippen molar-refractivity contribution in [3.8, 4) is 0 Å². The van der Waals surface area contributed by atoms with Crippen LogP contribution in [0, 0.1) is 5.41 Å². The maximum atomic E-state index is 11.1. The van der Waals surface area contributed by atoms with Gasteiger partial charge >= 0.3 is 5.97 Å². The van der Waals surface area contributed by atoms with Crippen molar-refractivity contribution in [2.24, 2.45) is 5.41 Å². The van der Waals surface area contributed by atoms with E-state index >= 15 is 0 Å². The molecule has 0 spiro atoms. The van der Waals surface area contributed by atoms with Crippen LogP contribution in [0.15, 0.2) is 0 Å². The van der Waals surface area contributed by atoms with Gasteiger partial charge in [0.25, 0.3) is 0 Å². The molecule has 0 amide bonds. The minimum absolute atomic E-state index is 0.0832. The Labute approximate surface area is 79.7 Å². The van der Waals surface area contributed by atoms with E-state index in [9.17, 15) is 4.79 Å². The Bertz CT molecular complexity index is 201. The number of carboxylic acids is 1. The molecule has 0 aromatic heterocycles. The molecule has 0 aromatic rings. The number of likely N-dealkylation sites (N-methyl/N-ethyl adjacent to an activating group) is 1. The summed E-state index contributed by atoms with van der Waals surface area (Å²) in [4.78, 5) is 13.2. The molecule has 76 valence electrons. The van der Waals surface area contributed by atoms with Crippen molar-refractivity contribution in [2.45, 2.75) is 39.7 Å². The molecule has 1 N–H and O–H groups in total. The van der Waals surface area contributed by atoms with Gasteiger partial charge in [0.1, 0.15) is 6.04 Å². The van der Waals surface area contributed by atoms with E-state index in [1.807, 2.05) is 20.8 Å². The molecule has 3 nitrogen and oxygen atoms in total. The Hall–Kier alpha value is -0.570. The predicted octanol–water partition coefficient (Wildman–Crippen LogP) is 1.58. The number of nitrogens with zero attached hydrogens (tertiary/aromatic N) is 1. The minimum Gasteiger partial charge on any atom is -0.480 e. The first-order valence-corrected chi connectivity index (χ1v) is 4.96. The summed E-state index contributed by atoms with van der Waals surface area (Å²) in [6.45, 7) is 7.88. The number of piperidine rings is 1. The molecule has 3 heteroatoms. The van der Waals surface area contributed by atoms with Crippen LogP contribution in [0.4, 0.5) is 0 Å². The number of carbonyl (C=O) groups is 1. The number of hydrogen-bond donors (Lipinski definition) is 1. The number of aliphatic carboxylic acids is 1. The van der Waals surface area contributed by atoms with E-state index in [0.29, 0.717) is 0 Å². The Morgan fingerprint density at radius 1 is 1.62 bits per heavy atom. The third kappa shape index (κ3) is 2.02. The molecule has 1 aliphatic heterocycles. The summed E-state index contributed by atoms with van der Waals surface area (Å²) in [6, 6.07) is -0.300. The van der Waals surface area contributed by atoms with Crippen molar-refractivity contribution < 1.29 is 9.90 Å². The maximum absolute atomic E-state index is 11.1. The molecule has 1 aliphatic rings. The quantitative estimate of drug-likeness (QED) is 0.710. The fraction of sp³-hybridized carbons (Fsp3) is 0.900. The van der Waals surface area contributed by atoms with Crippen molar-refractivity contribution in [1.29, 1.82) is 0 Å². The second-order valence-electron chi connectivity index (χ2n) is 4.46. The Balaban J connectivity index is 2.83. The van der Waals surface area contributed by atoms with Gasteiger partial charge in [0.15, 0.2) is 0 Å². The zero-order chi connectivity index (χ0) is 10.1. The highest BCUT2D eigenvalue weighted by Gasteiger charge is 2.41. The van der Waals surface area contributed by atoms with Crippen molar-refractivity contribution in [2.75, 3.05) is 13.1 Å². The van der Waals surface area contributed by atoms with E-state index in [-0.39, 0.29) is 11.5 Å². The summed E-state index contributed by atoms with van der Waals surface area (Å²) in [6.07, 6.45) is 2.13. The molecule has 1 heterocycles. The third-order valence-corrected chi connectivity index (χ3v) is 3.01. The Morgan fingerprint density at radius 2 is 2.23 bits per heavy atom. The lowest BCUT2D eigenvalue weighted by Gasteiger charge is -2.43. The van der Waals surface area contributed by atoms with E-state index in [2.05, 4.69) is 4.90 Å². The van der Waals surface area contributed by atoms with Crippen molar-refractivity contribution in [1.82, 2.24) is 4.90 Å². The van der Waals surface area contributed by atoms with E-state index in [1.54, 1.807) is 0 Å². The highest BCUT2D eigenvalue weighted by molar-refractivity contribution is 5.74. The maximum Gasteiger partial charge on any atom is 0.321 e. The first kappa shape index (κ1) is 10.5. The molecule has 0 bridgehead atoms. The summed E-state index contributed by atoms with van der Waals surface area (Å²) in [5.41, 5.74) is -0.0832. The SMILES string of the molecule is CCN1CCCC(C)(C)C1C(=O)O. The lowest BCUT2D eigenvalue weighted by atomic mass is 9.76. The lowest BCUT2D eigenvalue weighted by Crippen LogP contribution is -2.53.